The van der Waals surface area contributed by atoms with E-state index in [1.807, 2.05) is 63.7 Å². The van der Waals surface area contributed by atoms with Crippen LogP contribution < -0.4 is 16.0 Å². The van der Waals surface area contributed by atoms with Crippen molar-refractivity contribution in [2.45, 2.75) is 46.3 Å². The highest BCUT2D eigenvalue weighted by Crippen LogP contribution is 2.27. The molecule has 0 spiro atoms. The summed E-state index contributed by atoms with van der Waals surface area (Å²) >= 11 is 0. The third-order valence-corrected chi connectivity index (χ3v) is 6.72. The average molecular weight is 588 g/mol. The first-order valence-corrected chi connectivity index (χ1v) is 13.9. The predicted molar refractivity (Wildman–Crippen MR) is 166 cm³/mol. The van der Waals surface area contributed by atoms with E-state index in [0.717, 1.165) is 11.3 Å². The highest BCUT2D eigenvalue weighted by atomic mass is 16.6. The molecular formula is C31H41N9O3+2. The van der Waals surface area contributed by atoms with Gasteiger partial charge in [-0.1, -0.05) is 5.92 Å². The number of carbonyl (C=O) groups excluding carboxylic acids is 1. The zero-order valence-corrected chi connectivity index (χ0v) is 26.0. The van der Waals surface area contributed by atoms with E-state index in [4.69, 9.17) is 15.6 Å². The van der Waals surface area contributed by atoms with Crippen LogP contribution in [0.5, 0.6) is 0 Å². The molecule has 2 atom stereocenters. The molecule has 2 heterocycles. The van der Waals surface area contributed by atoms with Crippen molar-refractivity contribution in [1.82, 2.24) is 15.0 Å². The molecule has 0 saturated carbocycles. The van der Waals surface area contributed by atoms with Gasteiger partial charge in [-0.25, -0.2) is 15.0 Å². The van der Waals surface area contributed by atoms with Crippen LogP contribution in [0.25, 0.3) is 11.3 Å². The molecule has 0 radical (unpaired) electrons. The number of ether oxygens (including phenoxy) is 1. The van der Waals surface area contributed by atoms with Crippen LogP contribution in [-0.2, 0) is 9.53 Å². The summed E-state index contributed by atoms with van der Waals surface area (Å²) in [5.41, 5.74) is 4.78. The molecule has 1 aromatic carbocycles. The van der Waals surface area contributed by atoms with Crippen LogP contribution in [0.1, 0.15) is 57.1 Å². The number of pyridine rings is 1. The number of carbonyl (C=O) groups is 1. The van der Waals surface area contributed by atoms with Crippen LogP contribution in [0.3, 0.4) is 0 Å². The van der Waals surface area contributed by atoms with E-state index in [1.165, 1.54) is 19.6 Å². The molecule has 2 aromatic heterocycles. The summed E-state index contributed by atoms with van der Waals surface area (Å²) in [6.07, 6.45) is 2.67. The number of rotatable bonds is 10. The summed E-state index contributed by atoms with van der Waals surface area (Å²) in [5, 5.41) is 35.6. The third kappa shape index (κ3) is 8.57. The Balaban J connectivity index is 2.08. The fourth-order valence-electron chi connectivity index (χ4n) is 4.08. The first-order chi connectivity index (χ1) is 20.2. The Bertz CT molecular complexity index is 1580. The molecule has 7 N–H and O–H groups in total. The number of amides is 1. The van der Waals surface area contributed by atoms with Crippen LogP contribution in [0.4, 0.5) is 17.2 Å². The van der Waals surface area contributed by atoms with Crippen molar-refractivity contribution in [3.05, 3.63) is 64.4 Å². The van der Waals surface area contributed by atoms with Gasteiger partial charge in [0.15, 0.2) is 18.5 Å². The Kier molecular flexibility index (Phi) is 10.6. The summed E-state index contributed by atoms with van der Waals surface area (Å²) in [4.78, 5) is 26.6. The van der Waals surface area contributed by atoms with Crippen LogP contribution in [-0.4, -0.2) is 76.9 Å². The van der Waals surface area contributed by atoms with E-state index < -0.39 is 22.2 Å². The quantitative estimate of drug-likeness (QED) is 0.0604. The molecule has 0 saturated heterocycles. The summed E-state index contributed by atoms with van der Waals surface area (Å²) in [6.45, 7) is 8.54. The summed E-state index contributed by atoms with van der Waals surface area (Å²) in [7, 11) is 5.14. The lowest BCUT2D eigenvalue weighted by Crippen LogP contribution is -2.73. The maximum Gasteiger partial charge on any atom is 0.283 e. The Morgan fingerprint density at radius 1 is 1.19 bits per heavy atom. The molecule has 3 aromatic rings. The number of quaternary nitrogens is 3. The van der Waals surface area contributed by atoms with Gasteiger partial charge in [-0.2, -0.15) is 0 Å². The van der Waals surface area contributed by atoms with Gasteiger partial charge in [0, 0.05) is 23.4 Å². The molecule has 1 amide bonds. The number of benzene rings is 1. The Hall–Kier alpha value is -4.38. The standard InChI is InChI=1S/C31H39N9O3/c1-19(33)27-29(35-7)28(37-17-36-27)22-14-24(11-9-21-10-12-25(34-6)23(13-21)16-32)38-26(15-22)39-30(41)20(2)40(8,42)18-43-31(3,4)5/h10,12-17,20,32-35H,18H2,1-8H3,(H,38,39,41)/p+2. The number of hydroxylamine groups is 3. The second-order valence-corrected chi connectivity index (χ2v) is 11.3. The van der Waals surface area contributed by atoms with Gasteiger partial charge in [-0.15, -0.1) is 0 Å². The fraction of sp³-hybridized carbons (Fsp3) is 0.355. The number of likely N-dealkylation sites (N-methyl/N-ethyl adjacent to an activating group) is 1. The zero-order chi connectivity index (χ0) is 31.9. The topological polar surface area (TPSA) is 181 Å². The zero-order valence-electron chi connectivity index (χ0n) is 26.0. The Morgan fingerprint density at radius 2 is 1.91 bits per heavy atom. The Labute approximate surface area is 252 Å². The van der Waals surface area contributed by atoms with E-state index in [2.05, 4.69) is 32.1 Å². The summed E-state index contributed by atoms with van der Waals surface area (Å²) in [6, 6.07) is 8.00. The fourth-order valence-corrected chi connectivity index (χ4v) is 4.08. The van der Waals surface area contributed by atoms with Gasteiger partial charge in [0.05, 0.1) is 38.0 Å². The molecule has 0 aliphatic rings. The van der Waals surface area contributed by atoms with Crippen LogP contribution >= 0.6 is 0 Å². The van der Waals surface area contributed by atoms with Gasteiger partial charge in [0.25, 0.3) is 5.91 Å². The minimum atomic E-state index is -0.999. The number of hydrogen-bond acceptors (Lipinski definition) is 8. The van der Waals surface area contributed by atoms with Crippen molar-refractivity contribution in [2.24, 2.45) is 0 Å². The minimum absolute atomic E-state index is 0.195. The molecule has 2 unspecified atom stereocenters. The van der Waals surface area contributed by atoms with Gasteiger partial charge in [0.2, 0.25) is 0 Å². The number of nitrogens with one attached hydrogen (secondary N) is 3. The van der Waals surface area contributed by atoms with E-state index in [9.17, 15) is 10.0 Å². The molecule has 0 aliphatic carbocycles. The van der Waals surface area contributed by atoms with Crippen LogP contribution in [0, 0.1) is 27.9 Å². The van der Waals surface area contributed by atoms with E-state index in [-0.39, 0.29) is 18.3 Å². The molecule has 0 bridgehead atoms. The largest absolute Gasteiger partial charge is 0.631 e. The van der Waals surface area contributed by atoms with Crippen LogP contribution in [0.15, 0.2) is 36.7 Å². The lowest BCUT2D eigenvalue weighted by Gasteiger charge is -2.43. The normalized spacial score (nSPS) is 13.3. The van der Waals surface area contributed by atoms with Crippen molar-refractivity contribution < 1.29 is 24.8 Å². The molecular weight excluding hydrogens is 546 g/mol. The van der Waals surface area contributed by atoms with Crippen LogP contribution in [0.2, 0.25) is 0 Å². The lowest BCUT2D eigenvalue weighted by atomic mass is 10.1. The Morgan fingerprint density at radius 3 is 2.51 bits per heavy atom. The molecule has 12 nitrogen and oxygen atoms in total. The van der Waals surface area contributed by atoms with Crippen molar-refractivity contribution >= 4 is 35.0 Å². The minimum Gasteiger partial charge on any atom is -0.631 e. The average Bonchev–Trinajstić information content (AvgIpc) is 2.97. The monoisotopic (exact) mass is 587 g/mol. The molecule has 3 rings (SSSR count). The maximum absolute atomic E-state index is 13.3. The van der Waals surface area contributed by atoms with Crippen molar-refractivity contribution in [1.29, 1.82) is 10.8 Å². The second kappa shape index (κ2) is 13.7. The molecule has 43 heavy (non-hydrogen) atoms. The SMILES string of the molecule is C[NH2+]c1ccc(C#Cc2cc(-c3ncnc(C(C)=N)c3[NH2+]C)cc(NC(=O)C(C)[N+](C)([O-])COC(C)(C)C)n2)cc1C=N. The summed E-state index contributed by atoms with van der Waals surface area (Å²) in [5.74, 6) is 5.83. The predicted octanol–water partition coefficient (Wildman–Crippen LogP) is 2.02. The van der Waals surface area contributed by atoms with Gasteiger partial charge in [-0.3, -0.25) is 4.79 Å². The number of nitrogens with zero attached hydrogens (tertiary/aromatic N) is 4. The molecule has 0 aliphatic heterocycles. The van der Waals surface area contributed by atoms with E-state index in [1.54, 1.807) is 26.0 Å². The summed E-state index contributed by atoms with van der Waals surface area (Å²) < 4.78 is 4.74. The first kappa shape index (κ1) is 33.1. The molecule has 226 valence electrons. The van der Waals surface area contributed by atoms with Gasteiger partial charge in [0.1, 0.15) is 34.9 Å². The van der Waals surface area contributed by atoms with Crippen molar-refractivity contribution in [3.8, 4) is 23.1 Å². The molecule has 12 heteroatoms. The number of anilines is 1. The maximum atomic E-state index is 13.3. The highest BCUT2D eigenvalue weighted by Gasteiger charge is 2.30. The number of aromatic nitrogens is 3. The third-order valence-electron chi connectivity index (χ3n) is 6.72. The smallest absolute Gasteiger partial charge is 0.283 e. The second-order valence-electron chi connectivity index (χ2n) is 11.3. The van der Waals surface area contributed by atoms with E-state index >= 15 is 0 Å². The van der Waals surface area contributed by atoms with Gasteiger partial charge >= 0.3 is 0 Å². The number of hydrogen-bond donors (Lipinski definition) is 5. The van der Waals surface area contributed by atoms with Gasteiger partial charge in [-0.05, 0) is 64.8 Å². The van der Waals surface area contributed by atoms with Crippen molar-refractivity contribution in [3.63, 3.8) is 0 Å². The lowest BCUT2D eigenvalue weighted by molar-refractivity contribution is -0.896. The highest BCUT2D eigenvalue weighted by molar-refractivity contribution is 6.00. The van der Waals surface area contributed by atoms with E-state index in [0.29, 0.717) is 33.9 Å². The van der Waals surface area contributed by atoms with Gasteiger partial charge < -0.3 is 41.4 Å². The van der Waals surface area contributed by atoms with Crippen molar-refractivity contribution in [2.75, 3.05) is 33.2 Å². The number of nitrogens with two attached hydrogens (primary N) is 2. The molecule has 0 fully saturated rings. The first-order valence-electron chi connectivity index (χ1n) is 13.9.